The third-order valence-electron chi connectivity index (χ3n) is 2.99. The smallest absolute Gasteiger partial charge is 0.165 e. The van der Waals surface area contributed by atoms with Gasteiger partial charge in [0.25, 0.3) is 0 Å². The van der Waals surface area contributed by atoms with Crippen molar-refractivity contribution in [3.05, 3.63) is 66.2 Å². The fourth-order valence-electron chi connectivity index (χ4n) is 1.81. The van der Waals surface area contributed by atoms with Crippen LogP contribution < -0.4 is 0 Å². The first-order valence-corrected chi connectivity index (χ1v) is 6.24. The minimum absolute atomic E-state index is 0.0481. The number of benzene rings is 3. The van der Waals surface area contributed by atoms with Gasteiger partial charge in [0.1, 0.15) is 5.75 Å². The molecule has 0 atom stereocenters. The van der Waals surface area contributed by atoms with Crippen LogP contribution >= 0.6 is 0 Å². The maximum absolute atomic E-state index is 9.41. The first kappa shape index (κ1) is 13.7. The second-order valence-corrected chi connectivity index (χ2v) is 4.44. The van der Waals surface area contributed by atoms with E-state index in [0.717, 1.165) is 10.9 Å². The van der Waals surface area contributed by atoms with Gasteiger partial charge in [-0.1, -0.05) is 48.5 Å². The zero-order valence-corrected chi connectivity index (χ0v) is 11.1. The number of para-hydroxylation sites is 1. The molecule has 0 amide bonds. The molecule has 0 aliphatic carbocycles. The summed E-state index contributed by atoms with van der Waals surface area (Å²) in [6.45, 7) is 1.87. The Bertz CT molecular complexity index is 699. The maximum Gasteiger partial charge on any atom is 0.165 e. The van der Waals surface area contributed by atoms with Crippen molar-refractivity contribution < 1.29 is 15.3 Å². The average Bonchev–Trinajstić information content (AvgIpc) is 2.47. The zero-order valence-electron chi connectivity index (χ0n) is 11.1. The third-order valence-corrected chi connectivity index (χ3v) is 2.99. The molecule has 0 bridgehead atoms. The van der Waals surface area contributed by atoms with E-state index in [1.807, 2.05) is 43.3 Å². The molecule has 0 spiro atoms. The van der Waals surface area contributed by atoms with Gasteiger partial charge in [-0.05, 0) is 30.0 Å². The number of fused-ring (bicyclic) bond motifs is 1. The molecule has 3 rings (SSSR count). The Hall–Kier alpha value is -2.68. The van der Waals surface area contributed by atoms with E-state index in [1.165, 1.54) is 6.07 Å². The van der Waals surface area contributed by atoms with Crippen molar-refractivity contribution >= 4 is 10.8 Å². The van der Waals surface area contributed by atoms with Crippen molar-refractivity contribution in [2.75, 3.05) is 0 Å². The lowest BCUT2D eigenvalue weighted by atomic mass is 10.1. The molecule has 0 fully saturated rings. The number of phenolic OH excluding ortho intramolecular Hbond substituents is 3. The summed E-state index contributed by atoms with van der Waals surface area (Å²) in [5, 5.41) is 29.1. The number of hydrogen-bond acceptors (Lipinski definition) is 3. The molecule has 0 aliphatic rings. The van der Waals surface area contributed by atoms with Gasteiger partial charge in [0, 0.05) is 5.39 Å². The van der Waals surface area contributed by atoms with E-state index in [2.05, 4.69) is 0 Å². The van der Waals surface area contributed by atoms with Crippen LogP contribution in [0.4, 0.5) is 0 Å². The fraction of sp³-hybridized carbons (Fsp3) is 0.0588. The highest BCUT2D eigenvalue weighted by Crippen LogP contribution is 2.32. The number of rotatable bonds is 0. The Morgan fingerprint density at radius 1 is 0.650 bits per heavy atom. The molecule has 0 aliphatic heterocycles. The molecule has 0 aromatic heterocycles. The highest BCUT2D eigenvalue weighted by atomic mass is 16.3. The number of aryl methyl sites for hydroxylation is 1. The molecule has 3 nitrogen and oxygen atoms in total. The van der Waals surface area contributed by atoms with Gasteiger partial charge in [-0.3, -0.25) is 0 Å². The Kier molecular flexibility index (Phi) is 4.11. The minimum atomic E-state index is -0.0753. The lowest BCUT2D eigenvalue weighted by Crippen LogP contribution is -1.73. The van der Waals surface area contributed by atoms with Gasteiger partial charge in [-0.2, -0.15) is 0 Å². The van der Waals surface area contributed by atoms with Crippen LogP contribution in [0.15, 0.2) is 60.7 Å². The van der Waals surface area contributed by atoms with Crippen molar-refractivity contribution in [1.29, 1.82) is 0 Å². The second-order valence-electron chi connectivity index (χ2n) is 4.44. The van der Waals surface area contributed by atoms with Gasteiger partial charge in [0.05, 0.1) is 0 Å². The molecule has 20 heavy (non-hydrogen) atoms. The van der Waals surface area contributed by atoms with Gasteiger partial charge in [-0.15, -0.1) is 0 Å². The summed E-state index contributed by atoms with van der Waals surface area (Å²) in [6, 6.07) is 17.9. The summed E-state index contributed by atoms with van der Waals surface area (Å²) >= 11 is 0. The lowest BCUT2D eigenvalue weighted by Gasteiger charge is -2.01. The molecule has 0 unspecified atom stereocenters. The Morgan fingerprint density at radius 2 is 1.30 bits per heavy atom. The van der Waals surface area contributed by atoms with Gasteiger partial charge in [0.15, 0.2) is 11.5 Å². The molecule has 0 heterocycles. The normalized spacial score (nSPS) is 9.85. The quantitative estimate of drug-likeness (QED) is 0.541. The van der Waals surface area contributed by atoms with Crippen LogP contribution in [-0.4, -0.2) is 15.3 Å². The Balaban J connectivity index is 0.000000160. The van der Waals surface area contributed by atoms with Crippen LogP contribution in [0.3, 0.4) is 0 Å². The van der Waals surface area contributed by atoms with Crippen molar-refractivity contribution in [3.8, 4) is 17.2 Å². The van der Waals surface area contributed by atoms with Gasteiger partial charge >= 0.3 is 0 Å². The van der Waals surface area contributed by atoms with E-state index in [0.29, 0.717) is 11.1 Å². The van der Waals surface area contributed by atoms with Crippen LogP contribution in [0.25, 0.3) is 10.8 Å². The Morgan fingerprint density at radius 3 is 1.95 bits per heavy atom. The summed E-state index contributed by atoms with van der Waals surface area (Å²) < 4.78 is 0. The molecular weight excluding hydrogens is 252 g/mol. The molecule has 0 radical (unpaired) electrons. The van der Waals surface area contributed by atoms with E-state index in [1.54, 1.807) is 18.2 Å². The predicted octanol–water partition coefficient (Wildman–Crippen LogP) is 3.95. The summed E-state index contributed by atoms with van der Waals surface area (Å²) in [4.78, 5) is 0. The Labute approximate surface area is 117 Å². The lowest BCUT2D eigenvalue weighted by molar-refractivity contribution is 0.408. The molecule has 3 aromatic carbocycles. The zero-order chi connectivity index (χ0) is 14.5. The van der Waals surface area contributed by atoms with E-state index in [4.69, 9.17) is 10.2 Å². The van der Waals surface area contributed by atoms with Gasteiger partial charge < -0.3 is 15.3 Å². The first-order chi connectivity index (χ1) is 9.59. The number of hydrogen-bond donors (Lipinski definition) is 3. The summed E-state index contributed by atoms with van der Waals surface area (Å²) in [6.07, 6.45) is 0. The van der Waals surface area contributed by atoms with E-state index < -0.39 is 0 Å². The highest BCUT2D eigenvalue weighted by molar-refractivity contribution is 5.90. The van der Waals surface area contributed by atoms with E-state index >= 15 is 0 Å². The average molecular weight is 268 g/mol. The SMILES string of the molecule is Cc1ccccc1O.Oc1ccc2ccccc2c1O. The fourth-order valence-corrected chi connectivity index (χ4v) is 1.81. The van der Waals surface area contributed by atoms with Crippen LogP contribution in [0.2, 0.25) is 0 Å². The summed E-state index contributed by atoms with van der Waals surface area (Å²) in [7, 11) is 0. The van der Waals surface area contributed by atoms with E-state index in [-0.39, 0.29) is 11.5 Å². The molecule has 0 saturated carbocycles. The first-order valence-electron chi connectivity index (χ1n) is 6.24. The molecule has 3 heteroatoms. The molecular formula is C17H16O3. The highest BCUT2D eigenvalue weighted by Gasteiger charge is 2.02. The molecule has 102 valence electrons. The predicted molar refractivity (Wildman–Crippen MR) is 80.1 cm³/mol. The third kappa shape index (κ3) is 3.01. The summed E-state index contributed by atoms with van der Waals surface area (Å²) in [5.74, 6) is 0.245. The van der Waals surface area contributed by atoms with Crippen molar-refractivity contribution in [1.82, 2.24) is 0 Å². The second kappa shape index (κ2) is 5.97. The van der Waals surface area contributed by atoms with E-state index in [9.17, 15) is 5.11 Å². The van der Waals surface area contributed by atoms with Crippen molar-refractivity contribution in [2.24, 2.45) is 0 Å². The van der Waals surface area contributed by atoms with Crippen LogP contribution in [0.1, 0.15) is 5.56 Å². The molecule has 3 aromatic rings. The van der Waals surface area contributed by atoms with Crippen molar-refractivity contribution in [2.45, 2.75) is 6.92 Å². The minimum Gasteiger partial charge on any atom is -0.508 e. The molecule has 3 N–H and O–H groups in total. The monoisotopic (exact) mass is 268 g/mol. The maximum atomic E-state index is 9.41. The van der Waals surface area contributed by atoms with Crippen molar-refractivity contribution in [3.63, 3.8) is 0 Å². The van der Waals surface area contributed by atoms with Crippen LogP contribution in [0.5, 0.6) is 17.2 Å². The number of aromatic hydroxyl groups is 3. The standard InChI is InChI=1S/C10H8O2.C7H8O/c11-9-6-5-7-3-1-2-4-8(7)10(9)12;1-6-4-2-3-5-7(6)8/h1-6,11-12H;2-5,8H,1H3. The largest absolute Gasteiger partial charge is 0.508 e. The topological polar surface area (TPSA) is 60.7 Å². The van der Waals surface area contributed by atoms with Gasteiger partial charge in [-0.25, -0.2) is 0 Å². The van der Waals surface area contributed by atoms with Gasteiger partial charge in [0.2, 0.25) is 0 Å². The van der Waals surface area contributed by atoms with Crippen LogP contribution in [-0.2, 0) is 0 Å². The molecule has 0 saturated heterocycles. The summed E-state index contributed by atoms with van der Waals surface area (Å²) in [5.41, 5.74) is 0.924. The number of phenols is 3. The van der Waals surface area contributed by atoms with Crippen LogP contribution in [0, 0.1) is 6.92 Å².